The highest BCUT2D eigenvalue weighted by molar-refractivity contribution is 5.58. The summed E-state index contributed by atoms with van der Waals surface area (Å²) < 4.78 is 5.43. The van der Waals surface area contributed by atoms with Crippen LogP contribution in [-0.4, -0.2) is 21.6 Å². The van der Waals surface area contributed by atoms with E-state index in [1.54, 1.807) is 6.92 Å². The molecule has 0 saturated heterocycles. The summed E-state index contributed by atoms with van der Waals surface area (Å²) in [5, 5.41) is 0. The first-order valence-electron chi connectivity index (χ1n) is 5.40. The van der Waals surface area contributed by atoms with Gasteiger partial charge in [-0.3, -0.25) is 0 Å². The van der Waals surface area contributed by atoms with Crippen molar-refractivity contribution < 1.29 is 4.74 Å². The van der Waals surface area contributed by atoms with Gasteiger partial charge in [-0.15, -0.1) is 0 Å². The number of benzene rings is 1. The van der Waals surface area contributed by atoms with E-state index in [4.69, 9.17) is 10.5 Å². The number of hydrogen-bond acceptors (Lipinski definition) is 5. The van der Waals surface area contributed by atoms with Crippen LogP contribution in [0.25, 0.3) is 11.4 Å². The van der Waals surface area contributed by atoms with Crippen molar-refractivity contribution in [2.45, 2.75) is 13.8 Å². The molecule has 0 atom stereocenters. The van der Waals surface area contributed by atoms with Crippen molar-refractivity contribution in [2.24, 2.45) is 0 Å². The number of aromatic nitrogens is 3. The molecule has 0 unspecified atom stereocenters. The topological polar surface area (TPSA) is 73.9 Å². The van der Waals surface area contributed by atoms with Gasteiger partial charge in [0.2, 0.25) is 5.95 Å². The molecule has 1 aromatic heterocycles. The number of nitrogens with two attached hydrogens (primary N) is 1. The van der Waals surface area contributed by atoms with Crippen LogP contribution < -0.4 is 10.5 Å². The monoisotopic (exact) mass is 230 g/mol. The second-order valence-corrected chi connectivity index (χ2v) is 3.53. The predicted octanol–water partition coefficient (Wildman–Crippen LogP) is 1.83. The lowest BCUT2D eigenvalue weighted by Crippen LogP contribution is -2.02. The molecular weight excluding hydrogens is 216 g/mol. The number of nitrogens with zero attached hydrogens (tertiary/aromatic N) is 3. The molecule has 0 amide bonds. The van der Waals surface area contributed by atoms with E-state index < -0.39 is 0 Å². The van der Waals surface area contributed by atoms with E-state index in [9.17, 15) is 0 Å². The van der Waals surface area contributed by atoms with Gasteiger partial charge in [-0.25, -0.2) is 4.98 Å². The maximum absolute atomic E-state index is 5.60. The van der Waals surface area contributed by atoms with Gasteiger partial charge in [0.15, 0.2) is 5.82 Å². The third kappa shape index (κ3) is 2.69. The Bertz CT molecular complexity index is 507. The molecule has 0 bridgehead atoms. The van der Waals surface area contributed by atoms with E-state index in [1.165, 1.54) is 0 Å². The molecule has 1 aromatic carbocycles. The first kappa shape index (κ1) is 11.3. The smallest absolute Gasteiger partial charge is 0.223 e. The average Bonchev–Trinajstić information content (AvgIpc) is 2.28. The first-order chi connectivity index (χ1) is 8.19. The second kappa shape index (κ2) is 4.78. The summed E-state index contributed by atoms with van der Waals surface area (Å²) in [5.74, 6) is 2.20. The van der Waals surface area contributed by atoms with E-state index in [0.29, 0.717) is 18.3 Å². The molecule has 0 fully saturated rings. The maximum Gasteiger partial charge on any atom is 0.223 e. The van der Waals surface area contributed by atoms with Gasteiger partial charge in [-0.1, -0.05) is 12.1 Å². The fourth-order valence-corrected chi connectivity index (χ4v) is 1.52. The van der Waals surface area contributed by atoms with Gasteiger partial charge in [0.25, 0.3) is 0 Å². The van der Waals surface area contributed by atoms with Crippen molar-refractivity contribution in [2.75, 3.05) is 12.3 Å². The molecule has 17 heavy (non-hydrogen) atoms. The lowest BCUT2D eigenvalue weighted by atomic mass is 10.2. The highest BCUT2D eigenvalue weighted by Gasteiger charge is 2.05. The van der Waals surface area contributed by atoms with Gasteiger partial charge in [0.05, 0.1) is 6.61 Å². The van der Waals surface area contributed by atoms with Crippen molar-refractivity contribution in [3.05, 3.63) is 30.1 Å². The van der Waals surface area contributed by atoms with E-state index in [0.717, 1.165) is 11.3 Å². The fraction of sp³-hybridized carbons (Fsp3) is 0.250. The number of nitrogen functional groups attached to an aromatic ring is 1. The van der Waals surface area contributed by atoms with Crippen LogP contribution in [0, 0.1) is 6.92 Å². The minimum absolute atomic E-state index is 0.231. The lowest BCUT2D eigenvalue weighted by molar-refractivity contribution is 0.340. The van der Waals surface area contributed by atoms with Gasteiger partial charge in [0.1, 0.15) is 11.6 Å². The molecular formula is C12H14N4O. The van der Waals surface area contributed by atoms with Crippen LogP contribution >= 0.6 is 0 Å². The summed E-state index contributed by atoms with van der Waals surface area (Å²) in [7, 11) is 0. The van der Waals surface area contributed by atoms with Gasteiger partial charge in [0, 0.05) is 5.56 Å². The van der Waals surface area contributed by atoms with E-state index in [-0.39, 0.29) is 5.95 Å². The molecule has 0 aliphatic rings. The molecule has 0 aliphatic heterocycles. The first-order valence-corrected chi connectivity index (χ1v) is 5.40. The zero-order chi connectivity index (χ0) is 12.3. The van der Waals surface area contributed by atoms with Crippen LogP contribution in [0.5, 0.6) is 5.75 Å². The molecule has 88 valence electrons. The van der Waals surface area contributed by atoms with Crippen LogP contribution in [0.4, 0.5) is 5.95 Å². The Morgan fingerprint density at radius 3 is 2.76 bits per heavy atom. The van der Waals surface area contributed by atoms with E-state index >= 15 is 0 Å². The number of anilines is 1. The number of hydrogen-bond donors (Lipinski definition) is 1. The molecule has 2 N–H and O–H groups in total. The quantitative estimate of drug-likeness (QED) is 0.870. The summed E-state index contributed by atoms with van der Waals surface area (Å²) in [5.41, 5.74) is 6.47. The molecule has 2 aromatic rings. The Kier molecular flexibility index (Phi) is 3.18. The highest BCUT2D eigenvalue weighted by Crippen LogP contribution is 2.21. The molecule has 0 spiro atoms. The largest absolute Gasteiger partial charge is 0.494 e. The van der Waals surface area contributed by atoms with Crippen LogP contribution in [0.2, 0.25) is 0 Å². The molecule has 2 rings (SSSR count). The Balaban J connectivity index is 2.41. The van der Waals surface area contributed by atoms with Crippen molar-refractivity contribution in [1.29, 1.82) is 0 Å². The Hall–Kier alpha value is -2.17. The average molecular weight is 230 g/mol. The minimum atomic E-state index is 0.231. The van der Waals surface area contributed by atoms with Crippen molar-refractivity contribution >= 4 is 5.95 Å². The number of aryl methyl sites for hydroxylation is 1. The Labute approximate surface area is 99.7 Å². The predicted molar refractivity (Wildman–Crippen MR) is 65.6 cm³/mol. The summed E-state index contributed by atoms with van der Waals surface area (Å²) >= 11 is 0. The normalized spacial score (nSPS) is 10.2. The second-order valence-electron chi connectivity index (χ2n) is 3.53. The van der Waals surface area contributed by atoms with Crippen molar-refractivity contribution in [1.82, 2.24) is 15.0 Å². The fourth-order valence-electron chi connectivity index (χ4n) is 1.52. The summed E-state index contributed by atoms with van der Waals surface area (Å²) in [6, 6.07) is 7.59. The number of rotatable bonds is 3. The number of ether oxygens (including phenoxy) is 1. The highest BCUT2D eigenvalue weighted by atomic mass is 16.5. The van der Waals surface area contributed by atoms with E-state index in [1.807, 2.05) is 31.2 Å². The van der Waals surface area contributed by atoms with Crippen LogP contribution in [0.3, 0.4) is 0 Å². The summed E-state index contributed by atoms with van der Waals surface area (Å²) in [4.78, 5) is 12.3. The molecule has 0 radical (unpaired) electrons. The zero-order valence-corrected chi connectivity index (χ0v) is 9.84. The molecule has 1 heterocycles. The SMILES string of the molecule is CCOc1cccc(-c2nc(C)nc(N)n2)c1. The maximum atomic E-state index is 5.60. The van der Waals surface area contributed by atoms with E-state index in [2.05, 4.69) is 15.0 Å². The van der Waals surface area contributed by atoms with Gasteiger partial charge in [-0.2, -0.15) is 9.97 Å². The Morgan fingerprint density at radius 1 is 1.24 bits per heavy atom. The standard InChI is InChI=1S/C12H14N4O/c1-3-17-10-6-4-5-9(7-10)11-14-8(2)15-12(13)16-11/h4-7H,3H2,1-2H3,(H2,13,14,15,16). The molecule has 0 saturated carbocycles. The molecule has 0 aliphatic carbocycles. The zero-order valence-electron chi connectivity index (χ0n) is 9.84. The van der Waals surface area contributed by atoms with Crippen LogP contribution in [0.15, 0.2) is 24.3 Å². The van der Waals surface area contributed by atoms with Gasteiger partial charge < -0.3 is 10.5 Å². The lowest BCUT2D eigenvalue weighted by Gasteiger charge is -2.06. The summed E-state index contributed by atoms with van der Waals surface area (Å²) in [6.07, 6.45) is 0. The van der Waals surface area contributed by atoms with Crippen LogP contribution in [-0.2, 0) is 0 Å². The Morgan fingerprint density at radius 2 is 2.06 bits per heavy atom. The van der Waals surface area contributed by atoms with Crippen molar-refractivity contribution in [3.63, 3.8) is 0 Å². The molecule has 5 heteroatoms. The molecule has 5 nitrogen and oxygen atoms in total. The third-order valence-electron chi connectivity index (χ3n) is 2.17. The van der Waals surface area contributed by atoms with Crippen molar-refractivity contribution in [3.8, 4) is 17.1 Å². The van der Waals surface area contributed by atoms with Gasteiger partial charge >= 0.3 is 0 Å². The minimum Gasteiger partial charge on any atom is -0.494 e. The third-order valence-corrected chi connectivity index (χ3v) is 2.17. The van der Waals surface area contributed by atoms with Gasteiger partial charge in [-0.05, 0) is 26.0 Å². The summed E-state index contributed by atoms with van der Waals surface area (Å²) in [6.45, 7) is 4.35. The van der Waals surface area contributed by atoms with Crippen LogP contribution in [0.1, 0.15) is 12.7 Å².